The molecule has 2 heterocycles. The summed E-state index contributed by atoms with van der Waals surface area (Å²) in [5.74, 6) is 0.0290. The number of hydrogen-bond acceptors (Lipinski definition) is 6. The molecule has 30 heavy (non-hydrogen) atoms. The van der Waals surface area contributed by atoms with Gasteiger partial charge in [-0.2, -0.15) is 4.98 Å². The Kier molecular flexibility index (Phi) is 7.34. The molecule has 0 spiro atoms. The summed E-state index contributed by atoms with van der Waals surface area (Å²) in [6.07, 6.45) is 0.619. The van der Waals surface area contributed by atoms with E-state index >= 15 is 0 Å². The minimum atomic E-state index is -0.857. The van der Waals surface area contributed by atoms with Gasteiger partial charge in [-0.25, -0.2) is 0 Å². The highest BCUT2D eigenvalue weighted by Gasteiger charge is 2.63. The number of anilines is 1. The van der Waals surface area contributed by atoms with E-state index in [9.17, 15) is 4.79 Å². The fourth-order valence-corrected chi connectivity index (χ4v) is 4.34. The lowest BCUT2D eigenvalue weighted by Crippen LogP contribution is -2.76. The van der Waals surface area contributed by atoms with Crippen molar-refractivity contribution in [3.63, 3.8) is 0 Å². The first-order valence-corrected chi connectivity index (χ1v) is 10.1. The predicted octanol–water partition coefficient (Wildman–Crippen LogP) is 3.16. The summed E-state index contributed by atoms with van der Waals surface area (Å²) in [5, 5.41) is 0. The van der Waals surface area contributed by atoms with Crippen LogP contribution in [0.1, 0.15) is 32.8 Å². The topological polar surface area (TPSA) is 84.8 Å². The molecule has 9 heteroatoms. The zero-order valence-electron chi connectivity index (χ0n) is 18.0. The third kappa shape index (κ3) is 3.88. The van der Waals surface area contributed by atoms with Gasteiger partial charge in [-0.05, 0) is 31.5 Å². The van der Waals surface area contributed by atoms with Crippen molar-refractivity contribution >= 4 is 47.8 Å². The molecule has 2 N–H and O–H groups in total. The molecule has 4 rings (SSSR count). The highest BCUT2D eigenvalue weighted by molar-refractivity contribution is 5.89. The number of carbonyl (C=O) groups is 1. The Balaban J connectivity index is 0.00000160. The van der Waals surface area contributed by atoms with Crippen LogP contribution in [0.15, 0.2) is 22.6 Å². The Labute approximate surface area is 190 Å². The lowest BCUT2D eigenvalue weighted by Gasteiger charge is -2.59. The highest BCUT2D eigenvalue weighted by Crippen LogP contribution is 2.50. The summed E-state index contributed by atoms with van der Waals surface area (Å²) < 4.78 is 11.7. The standard InChI is InChI=1S/C21H30N4O3.2ClH/c1-5-27-17-13-21(22,20(17,3)4)18(26)24-8-10-25(11-9-24)19-23-15-12-14(2)6-7-16(15)28-19;;/h6-7,12,17H,5,8-11,13,22H2,1-4H3;2*1H. The van der Waals surface area contributed by atoms with Crippen molar-refractivity contribution in [1.82, 2.24) is 9.88 Å². The summed E-state index contributed by atoms with van der Waals surface area (Å²) in [6.45, 7) is 11.3. The number of aryl methyl sites for hydroxylation is 1. The maximum absolute atomic E-state index is 13.2. The van der Waals surface area contributed by atoms with Crippen LogP contribution in [0.25, 0.3) is 11.1 Å². The number of nitrogens with zero attached hydrogens (tertiary/aromatic N) is 3. The van der Waals surface area contributed by atoms with Crippen molar-refractivity contribution in [2.75, 3.05) is 37.7 Å². The average molecular weight is 459 g/mol. The molecule has 0 radical (unpaired) electrons. The fraction of sp³-hybridized carbons (Fsp3) is 0.619. The third-order valence-electron chi connectivity index (χ3n) is 6.58. The van der Waals surface area contributed by atoms with E-state index in [-0.39, 0.29) is 42.2 Å². The minimum Gasteiger partial charge on any atom is -0.423 e. The van der Waals surface area contributed by atoms with Crippen molar-refractivity contribution in [2.24, 2.45) is 11.1 Å². The highest BCUT2D eigenvalue weighted by atomic mass is 35.5. The lowest BCUT2D eigenvalue weighted by atomic mass is 9.54. The maximum atomic E-state index is 13.2. The number of oxazole rings is 1. The quantitative estimate of drug-likeness (QED) is 0.756. The normalized spacial score (nSPS) is 25.3. The number of piperazine rings is 1. The van der Waals surface area contributed by atoms with Crippen molar-refractivity contribution < 1.29 is 13.9 Å². The fourth-order valence-electron chi connectivity index (χ4n) is 4.34. The molecule has 1 saturated carbocycles. The molecule has 0 bridgehead atoms. The summed E-state index contributed by atoms with van der Waals surface area (Å²) in [5.41, 5.74) is 8.16. The van der Waals surface area contributed by atoms with E-state index in [1.807, 2.05) is 50.8 Å². The van der Waals surface area contributed by atoms with Crippen molar-refractivity contribution in [2.45, 2.75) is 45.8 Å². The number of hydrogen-bond donors (Lipinski definition) is 1. The van der Waals surface area contributed by atoms with Crippen LogP contribution < -0.4 is 10.6 Å². The molecule has 1 aromatic heterocycles. The van der Waals surface area contributed by atoms with E-state index in [0.717, 1.165) is 16.7 Å². The molecule has 2 aliphatic rings. The molecule has 2 atom stereocenters. The van der Waals surface area contributed by atoms with Gasteiger partial charge < -0.3 is 24.7 Å². The average Bonchev–Trinajstić information content (AvgIpc) is 3.10. The van der Waals surface area contributed by atoms with Crippen LogP contribution in [0.2, 0.25) is 0 Å². The van der Waals surface area contributed by atoms with Gasteiger partial charge in [0.2, 0.25) is 5.91 Å². The lowest BCUT2D eigenvalue weighted by molar-refractivity contribution is -0.179. The van der Waals surface area contributed by atoms with E-state index in [4.69, 9.17) is 14.9 Å². The second-order valence-electron chi connectivity index (χ2n) is 8.59. The molecule has 1 aliphatic carbocycles. The molecule has 1 aliphatic heterocycles. The maximum Gasteiger partial charge on any atom is 0.298 e. The van der Waals surface area contributed by atoms with Crippen molar-refractivity contribution in [3.05, 3.63) is 23.8 Å². The van der Waals surface area contributed by atoms with Crippen LogP contribution in [-0.4, -0.2) is 60.2 Å². The predicted molar refractivity (Wildman–Crippen MR) is 123 cm³/mol. The van der Waals surface area contributed by atoms with Gasteiger partial charge in [0.05, 0.1) is 6.10 Å². The van der Waals surface area contributed by atoms with E-state index in [1.54, 1.807) is 0 Å². The first-order valence-electron chi connectivity index (χ1n) is 10.1. The van der Waals surface area contributed by atoms with Crippen LogP contribution in [0.3, 0.4) is 0 Å². The minimum absolute atomic E-state index is 0. The summed E-state index contributed by atoms with van der Waals surface area (Å²) in [6, 6.07) is 6.61. The molecule has 1 saturated heterocycles. The number of amides is 1. The number of halogens is 2. The van der Waals surface area contributed by atoms with Gasteiger partial charge in [0, 0.05) is 44.6 Å². The summed E-state index contributed by atoms with van der Waals surface area (Å²) in [4.78, 5) is 21.8. The van der Waals surface area contributed by atoms with Gasteiger partial charge in [0.15, 0.2) is 5.58 Å². The summed E-state index contributed by atoms with van der Waals surface area (Å²) in [7, 11) is 0. The number of nitrogens with two attached hydrogens (primary N) is 1. The second kappa shape index (κ2) is 8.91. The Morgan fingerprint density at radius 2 is 1.93 bits per heavy atom. The molecule has 2 aromatic rings. The van der Waals surface area contributed by atoms with Crippen LogP contribution in [-0.2, 0) is 9.53 Å². The number of benzene rings is 1. The number of fused-ring (bicyclic) bond motifs is 1. The molecule has 2 fully saturated rings. The number of aromatic nitrogens is 1. The number of rotatable bonds is 4. The molecular weight excluding hydrogens is 427 g/mol. The number of carbonyl (C=O) groups excluding carboxylic acids is 1. The van der Waals surface area contributed by atoms with Gasteiger partial charge in [-0.15, -0.1) is 24.8 Å². The zero-order valence-corrected chi connectivity index (χ0v) is 19.6. The Morgan fingerprint density at radius 1 is 1.27 bits per heavy atom. The zero-order chi connectivity index (χ0) is 20.1. The first kappa shape index (κ1) is 24.7. The van der Waals surface area contributed by atoms with E-state index in [1.165, 1.54) is 0 Å². The van der Waals surface area contributed by atoms with Gasteiger partial charge >= 0.3 is 0 Å². The van der Waals surface area contributed by atoms with Gasteiger partial charge in [0.1, 0.15) is 11.1 Å². The third-order valence-corrected chi connectivity index (χ3v) is 6.58. The molecular formula is C21H32Cl2N4O3. The first-order chi connectivity index (χ1) is 13.3. The van der Waals surface area contributed by atoms with Crippen molar-refractivity contribution in [3.8, 4) is 0 Å². The Morgan fingerprint density at radius 3 is 2.53 bits per heavy atom. The Bertz CT molecular complexity index is 896. The molecule has 7 nitrogen and oxygen atoms in total. The second-order valence-corrected chi connectivity index (χ2v) is 8.59. The molecule has 168 valence electrons. The largest absolute Gasteiger partial charge is 0.423 e. The van der Waals surface area contributed by atoms with Crippen LogP contribution in [0, 0.1) is 12.3 Å². The SMILES string of the molecule is CCOC1CC(N)(C(=O)N2CCN(c3nc4cc(C)ccc4o3)CC2)C1(C)C.Cl.Cl. The van der Waals surface area contributed by atoms with Crippen LogP contribution >= 0.6 is 24.8 Å². The Hall–Kier alpha value is -1.54. The van der Waals surface area contributed by atoms with Crippen molar-refractivity contribution in [1.29, 1.82) is 0 Å². The summed E-state index contributed by atoms with van der Waals surface area (Å²) >= 11 is 0. The van der Waals surface area contributed by atoms with Gasteiger partial charge in [-0.1, -0.05) is 19.9 Å². The van der Waals surface area contributed by atoms with E-state index in [0.29, 0.717) is 45.2 Å². The number of ether oxygens (including phenoxy) is 1. The molecule has 1 amide bonds. The van der Waals surface area contributed by atoms with E-state index in [2.05, 4.69) is 9.88 Å². The van der Waals surface area contributed by atoms with Crippen LogP contribution in [0.4, 0.5) is 6.01 Å². The van der Waals surface area contributed by atoms with E-state index < -0.39 is 5.54 Å². The molecule has 1 aromatic carbocycles. The van der Waals surface area contributed by atoms with Gasteiger partial charge in [-0.3, -0.25) is 4.79 Å². The van der Waals surface area contributed by atoms with Crippen LogP contribution in [0.5, 0.6) is 0 Å². The molecule has 2 unspecified atom stereocenters. The monoisotopic (exact) mass is 458 g/mol. The van der Waals surface area contributed by atoms with Gasteiger partial charge in [0.25, 0.3) is 6.01 Å². The smallest absolute Gasteiger partial charge is 0.298 e.